The van der Waals surface area contributed by atoms with E-state index in [1.165, 1.54) is 13.0 Å². The zero-order chi connectivity index (χ0) is 14.9. The molecule has 106 valence electrons. The molecule has 6 heteroatoms. The van der Waals surface area contributed by atoms with Crippen molar-refractivity contribution < 1.29 is 17.6 Å². The van der Waals surface area contributed by atoms with Crippen LogP contribution in [0.25, 0.3) is 0 Å². The number of anilines is 1. The zero-order valence-electron chi connectivity index (χ0n) is 10.4. The summed E-state index contributed by atoms with van der Waals surface area (Å²) in [5.41, 5.74) is -0.260. The molecule has 0 radical (unpaired) electrons. The molecule has 2 aromatic rings. The maximum Gasteiger partial charge on any atom is 0.150 e. The zero-order valence-corrected chi connectivity index (χ0v) is 11.9. The van der Waals surface area contributed by atoms with Gasteiger partial charge in [0.1, 0.15) is 23.3 Å². The van der Waals surface area contributed by atoms with Crippen molar-refractivity contribution in [3.8, 4) is 0 Å². The molecule has 0 fully saturated rings. The second kappa shape index (κ2) is 5.83. The number of rotatable bonds is 3. The Balaban J connectivity index is 2.35. The lowest BCUT2D eigenvalue weighted by molar-refractivity contribution is 0.541. The second-order valence-electron chi connectivity index (χ2n) is 4.25. The third-order valence-electron chi connectivity index (χ3n) is 2.80. The van der Waals surface area contributed by atoms with E-state index in [1.807, 2.05) is 0 Å². The predicted molar refractivity (Wildman–Crippen MR) is 72.5 cm³/mol. The van der Waals surface area contributed by atoms with Gasteiger partial charge in [0.2, 0.25) is 0 Å². The molecule has 2 aromatic carbocycles. The molecule has 0 aliphatic rings. The molecule has 0 saturated carbocycles. The number of halogens is 5. The molecule has 20 heavy (non-hydrogen) atoms. The van der Waals surface area contributed by atoms with E-state index in [1.54, 1.807) is 0 Å². The van der Waals surface area contributed by atoms with Crippen LogP contribution < -0.4 is 5.32 Å². The number of hydrogen-bond acceptors (Lipinski definition) is 1. The lowest BCUT2D eigenvalue weighted by atomic mass is 10.1. The van der Waals surface area contributed by atoms with Crippen molar-refractivity contribution in [2.24, 2.45) is 0 Å². The SMILES string of the molecule is CC(Nc1c(F)cc(F)cc1Br)c1c(F)cccc1F. The average molecular weight is 348 g/mol. The topological polar surface area (TPSA) is 12.0 Å². The van der Waals surface area contributed by atoms with Crippen molar-refractivity contribution >= 4 is 21.6 Å². The van der Waals surface area contributed by atoms with Crippen LogP contribution in [-0.4, -0.2) is 0 Å². The predicted octanol–water partition coefficient (Wildman–Crippen LogP) is 5.18. The van der Waals surface area contributed by atoms with Crippen LogP contribution in [0.3, 0.4) is 0 Å². The Hall–Kier alpha value is -1.56. The monoisotopic (exact) mass is 347 g/mol. The standard InChI is InChI=1S/C14H10BrF4N/c1-7(13-10(17)3-2-4-11(13)18)20-14-9(15)5-8(16)6-12(14)19/h2-7,20H,1H3. The Morgan fingerprint density at radius 1 is 1.00 bits per heavy atom. The van der Waals surface area contributed by atoms with Crippen LogP contribution in [0.5, 0.6) is 0 Å². The first-order chi connectivity index (χ1) is 9.40. The van der Waals surface area contributed by atoms with Gasteiger partial charge in [0.15, 0.2) is 0 Å². The lowest BCUT2D eigenvalue weighted by Crippen LogP contribution is -2.12. The van der Waals surface area contributed by atoms with Gasteiger partial charge in [0.25, 0.3) is 0 Å². The molecule has 0 saturated heterocycles. The van der Waals surface area contributed by atoms with Gasteiger partial charge in [-0.05, 0) is 41.1 Å². The van der Waals surface area contributed by atoms with Gasteiger partial charge in [0.05, 0.1) is 11.7 Å². The van der Waals surface area contributed by atoms with Gasteiger partial charge in [-0.2, -0.15) is 0 Å². The highest BCUT2D eigenvalue weighted by atomic mass is 79.9. The molecule has 0 aromatic heterocycles. The van der Waals surface area contributed by atoms with E-state index in [2.05, 4.69) is 21.2 Å². The van der Waals surface area contributed by atoms with Gasteiger partial charge in [0, 0.05) is 16.1 Å². The molecular weight excluding hydrogens is 338 g/mol. The van der Waals surface area contributed by atoms with Crippen molar-refractivity contribution in [1.29, 1.82) is 0 Å². The summed E-state index contributed by atoms with van der Waals surface area (Å²) in [4.78, 5) is 0. The molecule has 0 aliphatic heterocycles. The van der Waals surface area contributed by atoms with Crippen LogP contribution in [0, 0.1) is 23.3 Å². The minimum atomic E-state index is -0.847. The normalized spacial score (nSPS) is 12.3. The Labute approximate surface area is 121 Å². The van der Waals surface area contributed by atoms with Crippen LogP contribution in [0.1, 0.15) is 18.5 Å². The molecule has 0 spiro atoms. The summed E-state index contributed by atoms with van der Waals surface area (Å²) >= 11 is 3.01. The van der Waals surface area contributed by atoms with Crippen LogP contribution in [0.4, 0.5) is 23.2 Å². The molecule has 1 unspecified atom stereocenters. The fourth-order valence-corrected chi connectivity index (χ4v) is 2.42. The maximum absolute atomic E-state index is 13.7. The molecular formula is C14H10BrF4N. The maximum atomic E-state index is 13.7. The molecule has 1 nitrogen and oxygen atoms in total. The summed E-state index contributed by atoms with van der Waals surface area (Å²) in [5.74, 6) is -3.06. The largest absolute Gasteiger partial charge is 0.375 e. The Bertz CT molecular complexity index is 602. The molecule has 1 atom stereocenters. The highest BCUT2D eigenvalue weighted by Crippen LogP contribution is 2.31. The summed E-state index contributed by atoms with van der Waals surface area (Å²) in [6.07, 6.45) is 0. The molecule has 2 rings (SSSR count). The van der Waals surface area contributed by atoms with Gasteiger partial charge in [-0.25, -0.2) is 17.6 Å². The Morgan fingerprint density at radius 3 is 2.15 bits per heavy atom. The summed E-state index contributed by atoms with van der Waals surface area (Å²) in [6.45, 7) is 1.48. The van der Waals surface area contributed by atoms with Crippen molar-refractivity contribution in [1.82, 2.24) is 0 Å². The van der Waals surface area contributed by atoms with E-state index in [0.29, 0.717) is 6.07 Å². The number of hydrogen-bond donors (Lipinski definition) is 1. The molecule has 0 amide bonds. The van der Waals surface area contributed by atoms with E-state index in [9.17, 15) is 17.6 Å². The van der Waals surface area contributed by atoms with E-state index >= 15 is 0 Å². The van der Waals surface area contributed by atoms with E-state index in [4.69, 9.17) is 0 Å². The van der Waals surface area contributed by atoms with Crippen LogP contribution in [0.15, 0.2) is 34.8 Å². The first kappa shape index (κ1) is 14.8. The van der Waals surface area contributed by atoms with Crippen LogP contribution >= 0.6 is 15.9 Å². The average Bonchev–Trinajstić information content (AvgIpc) is 2.33. The van der Waals surface area contributed by atoms with Gasteiger partial charge in [-0.1, -0.05) is 6.07 Å². The van der Waals surface area contributed by atoms with Gasteiger partial charge < -0.3 is 5.32 Å². The van der Waals surface area contributed by atoms with Gasteiger partial charge in [-0.15, -0.1) is 0 Å². The van der Waals surface area contributed by atoms with Gasteiger partial charge in [-0.3, -0.25) is 0 Å². The third kappa shape index (κ3) is 2.95. The van der Waals surface area contributed by atoms with Crippen LogP contribution in [-0.2, 0) is 0 Å². The fraction of sp³-hybridized carbons (Fsp3) is 0.143. The number of benzene rings is 2. The summed E-state index contributed by atoms with van der Waals surface area (Å²) in [7, 11) is 0. The third-order valence-corrected chi connectivity index (χ3v) is 3.43. The Kier molecular flexibility index (Phi) is 4.32. The van der Waals surface area contributed by atoms with Crippen molar-refractivity contribution in [3.05, 3.63) is 63.6 Å². The Morgan fingerprint density at radius 2 is 1.60 bits per heavy atom. The van der Waals surface area contributed by atoms with Crippen LogP contribution in [0.2, 0.25) is 0 Å². The van der Waals surface area contributed by atoms with E-state index in [-0.39, 0.29) is 15.7 Å². The number of nitrogens with one attached hydrogen (secondary N) is 1. The van der Waals surface area contributed by atoms with Crippen molar-refractivity contribution in [2.45, 2.75) is 13.0 Å². The van der Waals surface area contributed by atoms with Crippen molar-refractivity contribution in [2.75, 3.05) is 5.32 Å². The van der Waals surface area contributed by atoms with Crippen molar-refractivity contribution in [3.63, 3.8) is 0 Å². The lowest BCUT2D eigenvalue weighted by Gasteiger charge is -2.18. The van der Waals surface area contributed by atoms with Gasteiger partial charge >= 0.3 is 0 Å². The highest BCUT2D eigenvalue weighted by Gasteiger charge is 2.18. The summed E-state index contributed by atoms with van der Waals surface area (Å²) in [6, 6.07) is 4.41. The quantitative estimate of drug-likeness (QED) is 0.754. The smallest absolute Gasteiger partial charge is 0.150 e. The second-order valence-corrected chi connectivity index (χ2v) is 5.10. The first-order valence-electron chi connectivity index (χ1n) is 5.75. The first-order valence-corrected chi connectivity index (χ1v) is 6.54. The minimum absolute atomic E-state index is 0.0541. The summed E-state index contributed by atoms with van der Waals surface area (Å²) in [5, 5.41) is 2.64. The minimum Gasteiger partial charge on any atom is -0.375 e. The van der Waals surface area contributed by atoms with E-state index in [0.717, 1.165) is 18.2 Å². The fourth-order valence-electron chi connectivity index (χ4n) is 1.89. The highest BCUT2D eigenvalue weighted by molar-refractivity contribution is 9.10. The summed E-state index contributed by atoms with van der Waals surface area (Å²) < 4.78 is 54.0. The molecule has 0 heterocycles. The van der Waals surface area contributed by atoms with E-state index < -0.39 is 29.3 Å². The molecule has 0 bridgehead atoms. The molecule has 0 aliphatic carbocycles. The molecule has 1 N–H and O–H groups in total.